The highest BCUT2D eigenvalue weighted by molar-refractivity contribution is 5.26. The van der Waals surface area contributed by atoms with Crippen LogP contribution in [0, 0.1) is 0 Å². The van der Waals surface area contributed by atoms with Crippen molar-refractivity contribution < 1.29 is 14.2 Å². The Morgan fingerprint density at radius 2 is 2.00 bits per heavy atom. The van der Waals surface area contributed by atoms with Gasteiger partial charge in [-0.05, 0) is 30.5 Å². The zero-order chi connectivity index (χ0) is 15.3. The number of benzene rings is 1. The molecule has 0 unspecified atom stereocenters. The summed E-state index contributed by atoms with van der Waals surface area (Å²) in [6.45, 7) is 7.69. The van der Waals surface area contributed by atoms with Crippen LogP contribution in [-0.2, 0) is 16.1 Å². The largest absolute Gasteiger partial charge is 0.497 e. The molecule has 0 aliphatic carbocycles. The molecule has 0 amide bonds. The first kappa shape index (κ1) is 17.5. The molecule has 21 heavy (non-hydrogen) atoms. The number of hydrogen-bond donors (Lipinski definition) is 0. The average molecular weight is 290 g/mol. The standard InChI is InChI=1S/C18H26O3/c1-4-13-21-17(5-2)8-6-7-14-20-15-16-9-11-18(19-3)12-10-16/h4,6,8-12,17H,1,5,7,13-15H2,2-3H3/t17-/m1/s1. The van der Waals surface area contributed by atoms with Crippen molar-refractivity contribution in [2.24, 2.45) is 0 Å². The van der Waals surface area contributed by atoms with Crippen LogP contribution in [0.3, 0.4) is 0 Å². The van der Waals surface area contributed by atoms with Crippen LogP contribution in [0.5, 0.6) is 5.75 Å². The normalized spacial score (nSPS) is 12.5. The monoisotopic (exact) mass is 290 g/mol. The van der Waals surface area contributed by atoms with Gasteiger partial charge in [-0.3, -0.25) is 0 Å². The molecule has 0 saturated heterocycles. The van der Waals surface area contributed by atoms with Crippen molar-refractivity contribution >= 4 is 0 Å². The smallest absolute Gasteiger partial charge is 0.118 e. The summed E-state index contributed by atoms with van der Waals surface area (Å²) in [7, 11) is 1.67. The molecule has 0 aromatic heterocycles. The quantitative estimate of drug-likeness (QED) is 0.453. The number of hydrogen-bond acceptors (Lipinski definition) is 3. The minimum atomic E-state index is 0.171. The molecule has 0 N–H and O–H groups in total. The maximum Gasteiger partial charge on any atom is 0.118 e. The molecule has 0 spiro atoms. The van der Waals surface area contributed by atoms with E-state index >= 15 is 0 Å². The van der Waals surface area contributed by atoms with Crippen molar-refractivity contribution in [2.75, 3.05) is 20.3 Å². The maximum absolute atomic E-state index is 5.64. The molecule has 0 radical (unpaired) electrons. The molecule has 3 nitrogen and oxygen atoms in total. The first-order chi connectivity index (χ1) is 10.3. The van der Waals surface area contributed by atoms with E-state index in [-0.39, 0.29) is 6.10 Å². The molecule has 1 atom stereocenters. The molecule has 1 aromatic carbocycles. The lowest BCUT2D eigenvalue weighted by atomic mass is 10.2. The Morgan fingerprint density at radius 1 is 1.24 bits per heavy atom. The predicted molar refractivity (Wildman–Crippen MR) is 86.6 cm³/mol. The summed E-state index contributed by atoms with van der Waals surface area (Å²) in [6, 6.07) is 7.93. The van der Waals surface area contributed by atoms with E-state index in [0.29, 0.717) is 19.8 Å². The van der Waals surface area contributed by atoms with Crippen LogP contribution in [0.15, 0.2) is 49.1 Å². The highest BCUT2D eigenvalue weighted by atomic mass is 16.5. The molecule has 1 aromatic rings. The van der Waals surface area contributed by atoms with Gasteiger partial charge in [-0.2, -0.15) is 0 Å². The van der Waals surface area contributed by atoms with Gasteiger partial charge < -0.3 is 14.2 Å². The molecule has 116 valence electrons. The van der Waals surface area contributed by atoms with E-state index in [4.69, 9.17) is 14.2 Å². The van der Waals surface area contributed by atoms with E-state index in [2.05, 4.69) is 25.7 Å². The zero-order valence-corrected chi connectivity index (χ0v) is 13.1. The van der Waals surface area contributed by atoms with E-state index < -0.39 is 0 Å². The number of methoxy groups -OCH3 is 1. The van der Waals surface area contributed by atoms with Crippen LogP contribution in [-0.4, -0.2) is 26.4 Å². The Hall–Kier alpha value is -1.58. The van der Waals surface area contributed by atoms with Crippen LogP contribution in [0.25, 0.3) is 0 Å². The van der Waals surface area contributed by atoms with Gasteiger partial charge in [0.25, 0.3) is 0 Å². The molecular weight excluding hydrogens is 264 g/mol. The molecule has 0 fully saturated rings. The third-order valence-corrected chi connectivity index (χ3v) is 3.04. The predicted octanol–water partition coefficient (Wildman–Crippen LogP) is 4.14. The Labute approximate surface area is 128 Å². The third-order valence-electron chi connectivity index (χ3n) is 3.04. The van der Waals surface area contributed by atoms with Crippen LogP contribution in [0.1, 0.15) is 25.3 Å². The topological polar surface area (TPSA) is 27.7 Å². The molecule has 0 heterocycles. The minimum Gasteiger partial charge on any atom is -0.497 e. The Bertz CT molecular complexity index is 409. The van der Waals surface area contributed by atoms with Crippen LogP contribution < -0.4 is 4.74 Å². The van der Waals surface area contributed by atoms with Gasteiger partial charge in [0.1, 0.15) is 5.75 Å². The molecule has 0 saturated carbocycles. The Morgan fingerprint density at radius 3 is 2.62 bits per heavy atom. The summed E-state index contributed by atoms with van der Waals surface area (Å²) in [6.07, 6.45) is 8.02. The zero-order valence-electron chi connectivity index (χ0n) is 13.1. The molecule has 3 heteroatoms. The van der Waals surface area contributed by atoms with Gasteiger partial charge in [0.2, 0.25) is 0 Å². The highest BCUT2D eigenvalue weighted by Gasteiger charge is 1.99. The Kier molecular flexibility index (Phi) is 9.25. The fourth-order valence-corrected chi connectivity index (χ4v) is 1.81. The molecular formula is C18H26O3. The van der Waals surface area contributed by atoms with Gasteiger partial charge in [-0.1, -0.05) is 37.3 Å². The van der Waals surface area contributed by atoms with Gasteiger partial charge in [0, 0.05) is 0 Å². The summed E-state index contributed by atoms with van der Waals surface area (Å²) in [4.78, 5) is 0. The number of rotatable bonds is 11. The van der Waals surface area contributed by atoms with E-state index in [9.17, 15) is 0 Å². The van der Waals surface area contributed by atoms with Crippen molar-refractivity contribution in [2.45, 2.75) is 32.5 Å². The summed E-state index contributed by atoms with van der Waals surface area (Å²) in [5.74, 6) is 0.867. The van der Waals surface area contributed by atoms with Gasteiger partial charge in [-0.15, -0.1) is 6.58 Å². The summed E-state index contributed by atoms with van der Waals surface area (Å²) in [5.41, 5.74) is 1.15. The minimum absolute atomic E-state index is 0.171. The Balaban J connectivity index is 2.16. The molecule has 0 aliphatic rings. The van der Waals surface area contributed by atoms with E-state index in [1.807, 2.05) is 24.3 Å². The second-order valence-electron chi connectivity index (χ2n) is 4.69. The van der Waals surface area contributed by atoms with E-state index in [1.165, 1.54) is 0 Å². The molecule has 0 aliphatic heterocycles. The molecule has 1 rings (SSSR count). The number of ether oxygens (including phenoxy) is 3. The first-order valence-corrected chi connectivity index (χ1v) is 7.40. The summed E-state index contributed by atoms with van der Waals surface area (Å²) in [5, 5.41) is 0. The van der Waals surface area contributed by atoms with Gasteiger partial charge >= 0.3 is 0 Å². The van der Waals surface area contributed by atoms with E-state index in [0.717, 1.165) is 24.2 Å². The molecule has 0 bridgehead atoms. The first-order valence-electron chi connectivity index (χ1n) is 7.40. The van der Waals surface area contributed by atoms with Crippen LogP contribution in [0.4, 0.5) is 0 Å². The fourth-order valence-electron chi connectivity index (χ4n) is 1.81. The van der Waals surface area contributed by atoms with Crippen LogP contribution >= 0.6 is 0 Å². The lowest BCUT2D eigenvalue weighted by Crippen LogP contribution is -2.08. The third kappa shape index (κ3) is 7.69. The van der Waals surface area contributed by atoms with Crippen molar-refractivity contribution in [3.05, 3.63) is 54.6 Å². The maximum atomic E-state index is 5.64. The van der Waals surface area contributed by atoms with Crippen molar-refractivity contribution in [1.82, 2.24) is 0 Å². The van der Waals surface area contributed by atoms with Crippen molar-refractivity contribution in [1.29, 1.82) is 0 Å². The lowest BCUT2D eigenvalue weighted by molar-refractivity contribution is 0.105. The average Bonchev–Trinajstić information content (AvgIpc) is 2.54. The highest BCUT2D eigenvalue weighted by Crippen LogP contribution is 2.12. The van der Waals surface area contributed by atoms with Gasteiger partial charge in [0.15, 0.2) is 0 Å². The van der Waals surface area contributed by atoms with Gasteiger partial charge in [0.05, 0.1) is 33.0 Å². The summed E-state index contributed by atoms with van der Waals surface area (Å²) < 4.78 is 16.3. The second kappa shape index (κ2) is 11.1. The van der Waals surface area contributed by atoms with E-state index in [1.54, 1.807) is 13.2 Å². The van der Waals surface area contributed by atoms with Crippen molar-refractivity contribution in [3.63, 3.8) is 0 Å². The van der Waals surface area contributed by atoms with Crippen molar-refractivity contribution in [3.8, 4) is 5.75 Å². The van der Waals surface area contributed by atoms with Crippen LogP contribution in [0.2, 0.25) is 0 Å². The second-order valence-corrected chi connectivity index (χ2v) is 4.69. The van der Waals surface area contributed by atoms with Gasteiger partial charge in [-0.25, -0.2) is 0 Å². The fraction of sp³-hybridized carbons (Fsp3) is 0.444. The SMILES string of the molecule is C=CCO[C@@H](C=CCCOCc1ccc(OC)cc1)CC. The summed E-state index contributed by atoms with van der Waals surface area (Å²) >= 11 is 0. The lowest BCUT2D eigenvalue weighted by Gasteiger charge is -2.09.